The van der Waals surface area contributed by atoms with Gasteiger partial charge in [-0.3, -0.25) is 4.79 Å². The van der Waals surface area contributed by atoms with Crippen LogP contribution in [0.1, 0.15) is 21.0 Å². The molecule has 2 heterocycles. The van der Waals surface area contributed by atoms with Crippen LogP contribution in [0, 0.1) is 0 Å². The molecule has 0 radical (unpaired) electrons. The number of hydrogen-bond acceptors (Lipinski definition) is 8. The van der Waals surface area contributed by atoms with E-state index in [0.29, 0.717) is 23.3 Å². The third kappa shape index (κ3) is 3.56. The molecular formula is C17H16N2O7S. The molecule has 10 heteroatoms. The first-order valence-electron chi connectivity index (χ1n) is 7.83. The van der Waals surface area contributed by atoms with E-state index in [-0.39, 0.29) is 22.0 Å². The lowest BCUT2D eigenvalue weighted by Gasteiger charge is -2.21. The quantitative estimate of drug-likeness (QED) is 0.711. The van der Waals surface area contributed by atoms with Crippen LogP contribution in [-0.4, -0.2) is 57.0 Å². The van der Waals surface area contributed by atoms with Crippen molar-refractivity contribution >= 4 is 21.9 Å². The van der Waals surface area contributed by atoms with E-state index in [0.717, 1.165) is 7.05 Å². The molecule has 1 aromatic heterocycles. The van der Waals surface area contributed by atoms with E-state index in [9.17, 15) is 18.0 Å². The van der Waals surface area contributed by atoms with E-state index in [1.807, 2.05) is 0 Å². The molecule has 0 aliphatic carbocycles. The molecule has 1 aliphatic rings. The van der Waals surface area contributed by atoms with Gasteiger partial charge in [0, 0.05) is 13.1 Å². The summed E-state index contributed by atoms with van der Waals surface area (Å²) in [4.78, 5) is 27.9. The summed E-state index contributed by atoms with van der Waals surface area (Å²) in [6, 6.07) is 8.17. The fourth-order valence-corrected chi connectivity index (χ4v) is 3.51. The van der Waals surface area contributed by atoms with Gasteiger partial charge in [-0.15, -0.1) is 0 Å². The van der Waals surface area contributed by atoms with Gasteiger partial charge in [0.25, 0.3) is 15.9 Å². The standard InChI is InChI=1S/C17H16N2O7S/c1-19(16(20)12-4-3-5-13(18-12)17(21)24-2)27(22,23)11-6-7-14-15(10-11)26-9-8-25-14/h3-7,10H,8-9H2,1-2H3. The van der Waals surface area contributed by atoms with Crippen molar-refractivity contribution < 1.29 is 32.2 Å². The van der Waals surface area contributed by atoms with Crippen molar-refractivity contribution in [2.45, 2.75) is 4.90 Å². The Morgan fingerprint density at radius 3 is 2.44 bits per heavy atom. The summed E-state index contributed by atoms with van der Waals surface area (Å²) in [7, 11) is -1.88. The highest BCUT2D eigenvalue weighted by molar-refractivity contribution is 7.89. The Morgan fingerprint density at radius 1 is 1.07 bits per heavy atom. The molecule has 2 aromatic rings. The number of methoxy groups -OCH3 is 1. The number of aromatic nitrogens is 1. The first-order valence-corrected chi connectivity index (χ1v) is 9.27. The Kier molecular flexibility index (Phi) is 5.00. The van der Waals surface area contributed by atoms with Crippen LogP contribution >= 0.6 is 0 Å². The number of esters is 1. The Hall–Kier alpha value is -3.14. The number of fused-ring (bicyclic) bond motifs is 1. The molecule has 0 bridgehead atoms. The molecule has 9 nitrogen and oxygen atoms in total. The highest BCUT2D eigenvalue weighted by Gasteiger charge is 2.29. The SMILES string of the molecule is COC(=O)c1cccc(C(=O)N(C)S(=O)(=O)c2ccc3c(c2)OCCO3)n1. The van der Waals surface area contributed by atoms with Gasteiger partial charge in [-0.05, 0) is 24.3 Å². The number of sulfonamides is 1. The number of carbonyl (C=O) groups is 2. The number of nitrogens with zero attached hydrogens (tertiary/aromatic N) is 2. The molecule has 3 rings (SSSR count). The fourth-order valence-electron chi connectivity index (χ4n) is 2.38. The maximum Gasteiger partial charge on any atom is 0.356 e. The highest BCUT2D eigenvalue weighted by atomic mass is 32.2. The lowest BCUT2D eigenvalue weighted by Crippen LogP contribution is -2.34. The van der Waals surface area contributed by atoms with Crippen LogP contribution in [0.15, 0.2) is 41.3 Å². The first kappa shape index (κ1) is 18.6. The van der Waals surface area contributed by atoms with E-state index in [4.69, 9.17) is 9.47 Å². The van der Waals surface area contributed by atoms with Gasteiger partial charge < -0.3 is 14.2 Å². The third-order valence-corrected chi connectivity index (χ3v) is 5.56. The second-order valence-corrected chi connectivity index (χ2v) is 7.45. The van der Waals surface area contributed by atoms with Crippen LogP contribution in [0.5, 0.6) is 11.5 Å². The summed E-state index contributed by atoms with van der Waals surface area (Å²) in [5, 5.41) is 0. The number of rotatable bonds is 4. The van der Waals surface area contributed by atoms with E-state index in [1.165, 1.54) is 43.5 Å². The average Bonchev–Trinajstić information content (AvgIpc) is 2.71. The number of hydrogen-bond donors (Lipinski definition) is 0. The number of ether oxygens (including phenoxy) is 3. The van der Waals surface area contributed by atoms with Crippen LogP contribution < -0.4 is 9.47 Å². The maximum atomic E-state index is 12.8. The van der Waals surface area contributed by atoms with Gasteiger partial charge >= 0.3 is 5.97 Å². The van der Waals surface area contributed by atoms with Crippen LogP contribution in [0.4, 0.5) is 0 Å². The minimum absolute atomic E-state index is 0.103. The van der Waals surface area contributed by atoms with Gasteiger partial charge in [-0.2, -0.15) is 0 Å². The predicted molar refractivity (Wildman–Crippen MR) is 92.3 cm³/mol. The highest BCUT2D eigenvalue weighted by Crippen LogP contribution is 2.33. The van der Waals surface area contributed by atoms with Crippen LogP contribution in [0.2, 0.25) is 0 Å². The van der Waals surface area contributed by atoms with Gasteiger partial charge in [0.15, 0.2) is 11.5 Å². The van der Waals surface area contributed by atoms with Crippen LogP contribution in [0.25, 0.3) is 0 Å². The van der Waals surface area contributed by atoms with Crippen molar-refractivity contribution in [1.29, 1.82) is 0 Å². The normalized spacial score (nSPS) is 13.0. The zero-order valence-electron chi connectivity index (χ0n) is 14.5. The van der Waals surface area contributed by atoms with Crippen molar-refractivity contribution in [3.05, 3.63) is 47.8 Å². The number of benzene rings is 1. The van der Waals surface area contributed by atoms with Crippen molar-refractivity contribution in [1.82, 2.24) is 9.29 Å². The monoisotopic (exact) mass is 392 g/mol. The number of pyridine rings is 1. The topological polar surface area (TPSA) is 112 Å². The van der Waals surface area contributed by atoms with Crippen LogP contribution in [0.3, 0.4) is 0 Å². The van der Waals surface area contributed by atoms with Crippen molar-refractivity contribution in [2.75, 3.05) is 27.4 Å². The number of carbonyl (C=O) groups excluding carboxylic acids is 2. The van der Waals surface area contributed by atoms with Gasteiger partial charge in [0.1, 0.15) is 24.6 Å². The van der Waals surface area contributed by atoms with Gasteiger partial charge in [-0.1, -0.05) is 6.07 Å². The second kappa shape index (κ2) is 7.23. The van der Waals surface area contributed by atoms with Crippen molar-refractivity contribution in [3.63, 3.8) is 0 Å². The second-order valence-electron chi connectivity index (χ2n) is 5.48. The first-order chi connectivity index (χ1) is 12.8. The molecule has 0 saturated heterocycles. The van der Waals surface area contributed by atoms with E-state index in [2.05, 4.69) is 9.72 Å². The Labute approximate surface area is 155 Å². The molecular weight excluding hydrogens is 376 g/mol. The van der Waals surface area contributed by atoms with Crippen LogP contribution in [-0.2, 0) is 14.8 Å². The zero-order chi connectivity index (χ0) is 19.6. The van der Waals surface area contributed by atoms with Crippen molar-refractivity contribution in [2.24, 2.45) is 0 Å². The molecule has 0 saturated carbocycles. The molecule has 142 valence electrons. The maximum absolute atomic E-state index is 12.8. The van der Waals surface area contributed by atoms with Crippen molar-refractivity contribution in [3.8, 4) is 11.5 Å². The molecule has 27 heavy (non-hydrogen) atoms. The summed E-state index contributed by atoms with van der Waals surface area (Å²) >= 11 is 0. The van der Waals surface area contributed by atoms with E-state index < -0.39 is 21.9 Å². The minimum atomic E-state index is -4.17. The Bertz CT molecular complexity index is 1000. The third-order valence-electron chi connectivity index (χ3n) is 3.82. The van der Waals surface area contributed by atoms with Gasteiger partial charge in [-0.25, -0.2) is 22.5 Å². The molecule has 1 amide bonds. The van der Waals surface area contributed by atoms with E-state index >= 15 is 0 Å². The summed E-state index contributed by atoms with van der Waals surface area (Å²) in [5.41, 5.74) is -0.310. The molecule has 0 fully saturated rings. The Morgan fingerprint density at radius 2 is 1.74 bits per heavy atom. The predicted octanol–water partition coefficient (Wildman–Crippen LogP) is 1.10. The lowest BCUT2D eigenvalue weighted by atomic mass is 10.3. The average molecular weight is 392 g/mol. The molecule has 1 aliphatic heterocycles. The summed E-state index contributed by atoms with van der Waals surface area (Å²) in [6.07, 6.45) is 0. The molecule has 0 atom stereocenters. The minimum Gasteiger partial charge on any atom is -0.486 e. The van der Waals surface area contributed by atoms with E-state index in [1.54, 1.807) is 0 Å². The number of amides is 1. The molecule has 0 unspecified atom stereocenters. The molecule has 0 N–H and O–H groups in total. The lowest BCUT2D eigenvalue weighted by molar-refractivity contribution is 0.0594. The summed E-state index contributed by atoms with van der Waals surface area (Å²) < 4.78 is 41.4. The summed E-state index contributed by atoms with van der Waals surface area (Å²) in [5.74, 6) is -0.909. The summed E-state index contributed by atoms with van der Waals surface area (Å²) in [6.45, 7) is 0.676. The smallest absolute Gasteiger partial charge is 0.356 e. The largest absolute Gasteiger partial charge is 0.486 e. The molecule has 1 aromatic carbocycles. The fraction of sp³-hybridized carbons (Fsp3) is 0.235. The molecule has 0 spiro atoms. The van der Waals surface area contributed by atoms with Gasteiger partial charge in [0.2, 0.25) is 0 Å². The van der Waals surface area contributed by atoms with Gasteiger partial charge in [0.05, 0.1) is 12.0 Å². The zero-order valence-corrected chi connectivity index (χ0v) is 15.4. The Balaban J connectivity index is 1.91.